The maximum Gasteiger partial charge on any atom is 0.262 e. The molecule has 0 fully saturated rings. The second-order valence-electron chi connectivity index (χ2n) is 2.73. The fraction of sp³-hybridized carbons (Fsp3) is 0.571. The molecule has 80 valence electrons. The van der Waals surface area contributed by atoms with Crippen LogP contribution in [0.3, 0.4) is 0 Å². The molecule has 0 spiro atoms. The van der Waals surface area contributed by atoms with Gasteiger partial charge in [-0.1, -0.05) is 35.3 Å². The minimum Gasteiger partial charge on any atom is -0.275 e. The number of sulfone groups is 1. The van der Waals surface area contributed by atoms with E-state index in [1.54, 1.807) is 0 Å². The molecule has 0 amide bonds. The summed E-state index contributed by atoms with van der Waals surface area (Å²) in [4.78, 5) is 11.0. The van der Waals surface area contributed by atoms with E-state index >= 15 is 0 Å². The van der Waals surface area contributed by atoms with Crippen molar-refractivity contribution in [1.29, 1.82) is 0 Å². The molecule has 0 saturated heterocycles. The summed E-state index contributed by atoms with van der Waals surface area (Å²) in [6, 6.07) is 0. The highest BCUT2D eigenvalue weighted by atomic mass is 35.5. The first-order valence-electron chi connectivity index (χ1n) is 4.00. The van der Waals surface area contributed by atoms with Gasteiger partial charge in [-0.05, 0) is 16.8 Å². The van der Waals surface area contributed by atoms with E-state index in [4.69, 9.17) is 11.6 Å². The third-order valence-electron chi connectivity index (χ3n) is 1.60. The van der Waals surface area contributed by atoms with E-state index in [1.807, 2.05) is 6.92 Å². The van der Waals surface area contributed by atoms with Crippen molar-refractivity contribution in [3.8, 4) is 0 Å². The van der Waals surface area contributed by atoms with Crippen LogP contribution in [0.1, 0.15) is 19.8 Å². The first-order valence-corrected chi connectivity index (χ1v) is 8.18. The van der Waals surface area contributed by atoms with Crippen molar-refractivity contribution in [3.05, 3.63) is 14.6 Å². The molecule has 1 aromatic rings. The third-order valence-corrected chi connectivity index (χ3v) is 7.22. The molecule has 0 aliphatic rings. The molecule has 7 heteroatoms. The van der Waals surface area contributed by atoms with E-state index in [9.17, 15) is 13.2 Å². The molecule has 0 aliphatic heterocycles. The summed E-state index contributed by atoms with van der Waals surface area (Å²) >= 11 is 5.60. The zero-order valence-electron chi connectivity index (χ0n) is 7.45. The summed E-state index contributed by atoms with van der Waals surface area (Å²) in [5, 5.41) is -0.142. The van der Waals surface area contributed by atoms with Gasteiger partial charge in [0.1, 0.15) is 5.02 Å². The molecular weight excluding hydrogens is 264 g/mol. The normalized spacial score (nSPS) is 11.9. The molecule has 0 atom stereocenters. The van der Waals surface area contributed by atoms with Gasteiger partial charge in [0.15, 0.2) is 14.0 Å². The highest BCUT2D eigenvalue weighted by Gasteiger charge is 2.22. The van der Waals surface area contributed by atoms with Gasteiger partial charge >= 0.3 is 0 Å². The molecular formula is C7H9ClO3S3. The van der Waals surface area contributed by atoms with Crippen LogP contribution in [0.5, 0.6) is 0 Å². The van der Waals surface area contributed by atoms with Crippen LogP contribution in [-0.4, -0.2) is 14.2 Å². The number of unbranched alkanes of at least 4 members (excludes halogenated alkanes) is 1. The molecule has 0 aromatic carbocycles. The summed E-state index contributed by atoms with van der Waals surface area (Å²) in [6.45, 7) is 1.91. The van der Waals surface area contributed by atoms with Gasteiger partial charge in [0, 0.05) is 0 Å². The Balaban J connectivity index is 3.05. The van der Waals surface area contributed by atoms with E-state index in [-0.39, 0.29) is 19.7 Å². The average molecular weight is 273 g/mol. The third kappa shape index (κ3) is 2.56. The lowest BCUT2D eigenvalue weighted by Gasteiger charge is -1.99. The van der Waals surface area contributed by atoms with Gasteiger partial charge in [0.05, 0.1) is 5.75 Å². The topological polar surface area (TPSA) is 51.2 Å². The Hall–Kier alpha value is 0.0900. The minimum absolute atomic E-state index is 0.0302. The number of hydrogen-bond acceptors (Lipinski definition) is 5. The molecule has 1 heterocycles. The molecule has 0 N–H and O–H groups in total. The van der Waals surface area contributed by atoms with Crippen LogP contribution < -0.4 is 4.74 Å². The molecule has 1 aromatic heterocycles. The minimum atomic E-state index is -3.34. The van der Waals surface area contributed by atoms with Crippen molar-refractivity contribution < 1.29 is 8.42 Å². The summed E-state index contributed by atoms with van der Waals surface area (Å²) in [5.74, 6) is 0.0654. The van der Waals surface area contributed by atoms with E-state index in [0.717, 1.165) is 27.1 Å². The first-order chi connectivity index (χ1) is 6.49. The Morgan fingerprint density at radius 1 is 1.36 bits per heavy atom. The van der Waals surface area contributed by atoms with Crippen LogP contribution in [0.2, 0.25) is 5.02 Å². The Kier molecular flexibility index (Phi) is 4.12. The second kappa shape index (κ2) is 4.74. The molecule has 14 heavy (non-hydrogen) atoms. The van der Waals surface area contributed by atoms with E-state index in [0.29, 0.717) is 6.42 Å². The Bertz CT molecular complexity index is 457. The van der Waals surface area contributed by atoms with Crippen molar-refractivity contribution in [1.82, 2.24) is 0 Å². The second-order valence-corrected chi connectivity index (χ2v) is 7.52. The molecule has 0 aliphatic carbocycles. The van der Waals surface area contributed by atoms with E-state index < -0.39 is 9.84 Å². The lowest BCUT2D eigenvalue weighted by Crippen LogP contribution is -2.06. The molecule has 0 bridgehead atoms. The van der Waals surface area contributed by atoms with Gasteiger partial charge in [0.2, 0.25) is 0 Å². The first kappa shape index (κ1) is 12.2. The zero-order valence-corrected chi connectivity index (χ0v) is 10.7. The largest absolute Gasteiger partial charge is 0.275 e. The van der Waals surface area contributed by atoms with Crippen molar-refractivity contribution >= 4 is 42.1 Å². The van der Waals surface area contributed by atoms with Gasteiger partial charge in [-0.3, -0.25) is 4.79 Å². The fourth-order valence-corrected chi connectivity index (χ4v) is 6.41. The van der Waals surface area contributed by atoms with Crippen LogP contribution in [0.4, 0.5) is 0 Å². The van der Waals surface area contributed by atoms with E-state index in [1.165, 1.54) is 0 Å². The maximum atomic E-state index is 11.6. The van der Waals surface area contributed by atoms with Crippen molar-refractivity contribution in [2.45, 2.75) is 24.0 Å². The molecule has 0 unspecified atom stereocenters. The van der Waals surface area contributed by atoms with Crippen LogP contribution >= 0.6 is 32.3 Å². The number of rotatable bonds is 4. The predicted octanol–water partition coefficient (Wildman–Crippen LogP) is 2.40. The Labute approximate surface area is 94.7 Å². The van der Waals surface area contributed by atoms with Crippen molar-refractivity contribution in [3.63, 3.8) is 0 Å². The quantitative estimate of drug-likeness (QED) is 0.791. The SMILES string of the molecule is CCCCS(=O)(=O)c1ssc(=O)c1Cl. The van der Waals surface area contributed by atoms with Gasteiger partial charge in [-0.15, -0.1) is 0 Å². The summed E-state index contributed by atoms with van der Waals surface area (Å²) in [6.07, 6.45) is 1.39. The number of halogens is 1. The maximum absolute atomic E-state index is 11.6. The van der Waals surface area contributed by atoms with Crippen LogP contribution in [0.15, 0.2) is 9.00 Å². The number of hydrogen-bond donors (Lipinski definition) is 0. The summed E-state index contributed by atoms with van der Waals surface area (Å²) < 4.78 is 22.9. The lowest BCUT2D eigenvalue weighted by atomic mass is 10.4. The van der Waals surface area contributed by atoms with Crippen LogP contribution in [0, 0.1) is 0 Å². The highest BCUT2D eigenvalue weighted by molar-refractivity contribution is 7.95. The zero-order chi connectivity index (χ0) is 10.8. The summed E-state index contributed by atoms with van der Waals surface area (Å²) in [7, 11) is -1.53. The Morgan fingerprint density at radius 2 is 2.00 bits per heavy atom. The van der Waals surface area contributed by atoms with Crippen LogP contribution in [-0.2, 0) is 9.84 Å². The van der Waals surface area contributed by atoms with Crippen molar-refractivity contribution in [2.75, 3.05) is 5.75 Å². The van der Waals surface area contributed by atoms with Gasteiger partial charge in [-0.25, -0.2) is 8.42 Å². The van der Waals surface area contributed by atoms with Crippen molar-refractivity contribution in [2.24, 2.45) is 0 Å². The average Bonchev–Trinajstić information content (AvgIpc) is 2.45. The Morgan fingerprint density at radius 3 is 2.43 bits per heavy atom. The fourth-order valence-electron chi connectivity index (χ4n) is 0.848. The van der Waals surface area contributed by atoms with Gasteiger partial charge in [0.25, 0.3) is 4.74 Å². The standard InChI is InChI=1S/C7H9ClO3S3/c1-2-3-4-14(10,11)7-5(8)6(9)12-13-7/h2-4H2,1H3. The smallest absolute Gasteiger partial charge is 0.262 e. The highest BCUT2D eigenvalue weighted by Crippen LogP contribution is 2.27. The van der Waals surface area contributed by atoms with Gasteiger partial charge in [-0.2, -0.15) is 0 Å². The predicted molar refractivity (Wildman–Crippen MR) is 60.4 cm³/mol. The van der Waals surface area contributed by atoms with E-state index in [2.05, 4.69) is 0 Å². The summed E-state index contributed by atoms with van der Waals surface area (Å²) in [5.41, 5.74) is 0. The lowest BCUT2D eigenvalue weighted by molar-refractivity contribution is 0.594. The monoisotopic (exact) mass is 272 g/mol. The molecule has 0 radical (unpaired) electrons. The molecule has 3 nitrogen and oxygen atoms in total. The van der Waals surface area contributed by atoms with Crippen LogP contribution in [0.25, 0.3) is 0 Å². The van der Waals surface area contributed by atoms with Gasteiger partial charge < -0.3 is 0 Å². The molecule has 0 saturated carbocycles. The molecule has 1 rings (SSSR count).